The van der Waals surface area contributed by atoms with Crippen molar-refractivity contribution >= 4 is 24.3 Å². The van der Waals surface area contributed by atoms with Crippen molar-refractivity contribution in [3.63, 3.8) is 0 Å². The fourth-order valence-corrected chi connectivity index (χ4v) is 5.44. The van der Waals surface area contributed by atoms with Gasteiger partial charge in [-0.25, -0.2) is 0 Å². The third-order valence-electron chi connectivity index (χ3n) is 7.56. The first-order valence-corrected chi connectivity index (χ1v) is 15.9. The number of hydrogen-bond donors (Lipinski definition) is 0. The molecule has 0 saturated heterocycles. The second kappa shape index (κ2) is 16.0. The Bertz CT molecular complexity index is 1750. The molecule has 0 aromatic heterocycles. The number of rotatable bonds is 8. The van der Waals surface area contributed by atoms with Crippen LogP contribution >= 0.6 is 0 Å². The molecule has 0 radical (unpaired) electrons. The molecule has 0 unspecified atom stereocenters. The number of allylic oxidation sites excluding steroid dienone is 20. The van der Waals surface area contributed by atoms with Gasteiger partial charge in [0.05, 0.1) is 0 Å². The molecular weight excluding hydrogens is 553 g/mol. The Morgan fingerprint density at radius 3 is 0.761 bits per heavy atom. The molecule has 3 aromatic rings. The van der Waals surface area contributed by atoms with E-state index in [9.17, 15) is 0 Å². The third kappa shape index (κ3) is 10.3. The van der Waals surface area contributed by atoms with Crippen LogP contribution in [0.5, 0.6) is 0 Å². The number of hydrogen-bond acceptors (Lipinski definition) is 0. The summed E-state index contributed by atoms with van der Waals surface area (Å²) in [6.45, 7) is 8.63. The molecule has 0 heterocycles. The SMILES string of the molecule is CC1=C/C(/C=C/c2ccccc2)=C\C(C)=C/C(/C=C/c2ccc(/C=C/C3=C/C(C)=C\C(\C=C\c4ccccc4)=C/C(C)=C\3)cc2)=C\1. The summed E-state index contributed by atoms with van der Waals surface area (Å²) < 4.78 is 0. The Morgan fingerprint density at radius 1 is 0.261 bits per heavy atom. The van der Waals surface area contributed by atoms with E-state index in [4.69, 9.17) is 0 Å². The van der Waals surface area contributed by atoms with Gasteiger partial charge in [0.2, 0.25) is 0 Å². The van der Waals surface area contributed by atoms with Gasteiger partial charge in [-0.05, 0) is 94.5 Å². The average Bonchev–Trinajstić information content (AvgIpc) is 3.04. The van der Waals surface area contributed by atoms with Gasteiger partial charge in [-0.3, -0.25) is 0 Å². The third-order valence-corrected chi connectivity index (χ3v) is 7.56. The molecule has 226 valence electrons. The van der Waals surface area contributed by atoms with Gasteiger partial charge in [-0.1, -0.05) is 182 Å². The lowest BCUT2D eigenvalue weighted by Crippen LogP contribution is -1.86. The van der Waals surface area contributed by atoms with Crippen molar-refractivity contribution in [2.24, 2.45) is 0 Å². The molecule has 0 nitrogen and oxygen atoms in total. The first kappa shape index (κ1) is 31.9. The van der Waals surface area contributed by atoms with Gasteiger partial charge in [0, 0.05) is 0 Å². The summed E-state index contributed by atoms with van der Waals surface area (Å²) in [6.07, 6.45) is 35.4. The second-order valence-electron chi connectivity index (χ2n) is 12.0. The molecule has 0 aliphatic heterocycles. The maximum absolute atomic E-state index is 2.24. The zero-order valence-electron chi connectivity index (χ0n) is 27.3. The van der Waals surface area contributed by atoms with E-state index < -0.39 is 0 Å². The molecule has 0 fully saturated rings. The van der Waals surface area contributed by atoms with Crippen LogP contribution in [0.15, 0.2) is 202 Å². The first-order chi connectivity index (χ1) is 22.4. The molecule has 0 spiro atoms. The molecule has 5 rings (SSSR count). The van der Waals surface area contributed by atoms with Crippen LogP contribution in [0.25, 0.3) is 24.3 Å². The zero-order chi connectivity index (χ0) is 32.1. The maximum atomic E-state index is 2.24. The summed E-state index contributed by atoms with van der Waals surface area (Å²) in [6, 6.07) is 29.6. The Labute approximate surface area is 275 Å². The summed E-state index contributed by atoms with van der Waals surface area (Å²) >= 11 is 0. The minimum absolute atomic E-state index is 1.18. The molecule has 3 aromatic carbocycles. The molecule has 0 saturated carbocycles. The Balaban J connectivity index is 1.22. The lowest BCUT2D eigenvalue weighted by atomic mass is 9.99. The zero-order valence-corrected chi connectivity index (χ0v) is 27.3. The van der Waals surface area contributed by atoms with Crippen molar-refractivity contribution in [2.45, 2.75) is 27.7 Å². The van der Waals surface area contributed by atoms with Crippen molar-refractivity contribution in [3.8, 4) is 0 Å². The molecule has 0 heteroatoms. The van der Waals surface area contributed by atoms with Crippen molar-refractivity contribution in [3.05, 3.63) is 225 Å². The van der Waals surface area contributed by atoms with Gasteiger partial charge < -0.3 is 0 Å². The molecule has 0 bridgehead atoms. The lowest BCUT2D eigenvalue weighted by Gasteiger charge is -2.06. The lowest BCUT2D eigenvalue weighted by molar-refractivity contribution is 1.40. The summed E-state index contributed by atoms with van der Waals surface area (Å²) in [5.41, 5.74) is 14.4. The van der Waals surface area contributed by atoms with Crippen molar-refractivity contribution in [1.29, 1.82) is 0 Å². The fraction of sp³-hybridized carbons (Fsp3) is 0.0870. The minimum Gasteiger partial charge on any atom is -0.0622 e. The summed E-state index contributed by atoms with van der Waals surface area (Å²) in [5.74, 6) is 0. The van der Waals surface area contributed by atoms with E-state index in [1.54, 1.807) is 0 Å². The van der Waals surface area contributed by atoms with Crippen LogP contribution in [0.2, 0.25) is 0 Å². The van der Waals surface area contributed by atoms with Crippen LogP contribution in [0.3, 0.4) is 0 Å². The van der Waals surface area contributed by atoms with Crippen LogP contribution in [0, 0.1) is 0 Å². The molecule has 2 aliphatic rings. The van der Waals surface area contributed by atoms with Crippen LogP contribution in [0.4, 0.5) is 0 Å². The quantitative estimate of drug-likeness (QED) is 0.243. The Hall–Kier alpha value is -5.46. The van der Waals surface area contributed by atoms with Crippen LogP contribution in [-0.4, -0.2) is 0 Å². The van der Waals surface area contributed by atoms with Crippen LogP contribution < -0.4 is 0 Å². The van der Waals surface area contributed by atoms with E-state index in [0.29, 0.717) is 0 Å². The van der Waals surface area contributed by atoms with Crippen molar-refractivity contribution in [1.82, 2.24) is 0 Å². The van der Waals surface area contributed by atoms with E-state index in [1.807, 2.05) is 12.1 Å². The predicted octanol–water partition coefficient (Wildman–Crippen LogP) is 12.7. The summed E-state index contributed by atoms with van der Waals surface area (Å²) in [5, 5.41) is 0. The largest absolute Gasteiger partial charge is 0.0622 e. The Morgan fingerprint density at radius 2 is 0.500 bits per heavy atom. The van der Waals surface area contributed by atoms with E-state index in [-0.39, 0.29) is 0 Å². The van der Waals surface area contributed by atoms with Crippen LogP contribution in [0.1, 0.15) is 49.9 Å². The molecule has 0 N–H and O–H groups in total. The standard InChI is InChI=1S/C46H42/c1-35-27-43(23-19-39-11-7-5-8-12-39)28-36(2)32-45(31-35)25-21-41-15-17-42(18-16-41)22-26-46-33-37(3)29-44(30-38(4)34-46)24-20-40-13-9-6-10-14-40/h5-34H,1-4H3/b23-19+,24-20+,25-21+,26-22+,35-27-,35-31?,36-28?,36-32-,37-29-,37-33?,38-30?,38-34-,43-27?,43-28-,44-29?,44-30-,45-31-,45-32?,46-33-,46-34?. The Kier molecular flexibility index (Phi) is 11.1. The topological polar surface area (TPSA) is 0 Å². The normalized spacial score (nSPS) is 25.1. The predicted molar refractivity (Wildman–Crippen MR) is 203 cm³/mol. The molecule has 2 aliphatic carbocycles. The van der Waals surface area contributed by atoms with Gasteiger partial charge in [0.25, 0.3) is 0 Å². The molecular formula is C46H42. The van der Waals surface area contributed by atoms with Gasteiger partial charge in [-0.15, -0.1) is 0 Å². The highest BCUT2D eigenvalue weighted by molar-refractivity contribution is 5.64. The van der Waals surface area contributed by atoms with Crippen molar-refractivity contribution in [2.75, 3.05) is 0 Å². The van der Waals surface area contributed by atoms with E-state index in [0.717, 1.165) is 0 Å². The average molecular weight is 595 g/mol. The van der Waals surface area contributed by atoms with Gasteiger partial charge in [-0.2, -0.15) is 0 Å². The molecule has 0 atom stereocenters. The highest BCUT2D eigenvalue weighted by Crippen LogP contribution is 2.21. The van der Waals surface area contributed by atoms with E-state index in [1.165, 1.54) is 66.8 Å². The van der Waals surface area contributed by atoms with Crippen molar-refractivity contribution < 1.29 is 0 Å². The number of benzene rings is 3. The first-order valence-electron chi connectivity index (χ1n) is 15.9. The monoisotopic (exact) mass is 594 g/mol. The maximum Gasteiger partial charge on any atom is -0.0251 e. The van der Waals surface area contributed by atoms with Crippen LogP contribution in [-0.2, 0) is 0 Å². The second-order valence-corrected chi connectivity index (χ2v) is 12.0. The highest BCUT2D eigenvalue weighted by Gasteiger charge is 2.01. The summed E-state index contributed by atoms with van der Waals surface area (Å²) in [7, 11) is 0. The minimum atomic E-state index is 1.18. The van der Waals surface area contributed by atoms with Gasteiger partial charge in [0.15, 0.2) is 0 Å². The van der Waals surface area contributed by atoms with Gasteiger partial charge in [0.1, 0.15) is 0 Å². The fourth-order valence-electron chi connectivity index (χ4n) is 5.44. The van der Waals surface area contributed by atoms with E-state index >= 15 is 0 Å². The highest BCUT2D eigenvalue weighted by atomic mass is 14.1. The molecule has 46 heavy (non-hydrogen) atoms. The smallest absolute Gasteiger partial charge is 0.0251 e. The molecule has 0 amide bonds. The van der Waals surface area contributed by atoms with Gasteiger partial charge >= 0.3 is 0 Å². The summed E-state index contributed by atoms with van der Waals surface area (Å²) in [4.78, 5) is 0. The van der Waals surface area contributed by atoms with E-state index in [2.05, 4.69) is 198 Å².